The molecule has 25 heavy (non-hydrogen) atoms. The summed E-state index contributed by atoms with van der Waals surface area (Å²) >= 11 is 12.9. The van der Waals surface area contributed by atoms with Crippen molar-refractivity contribution < 1.29 is 14.6 Å². The van der Waals surface area contributed by atoms with Gasteiger partial charge >= 0.3 is 5.97 Å². The van der Waals surface area contributed by atoms with Crippen LogP contribution in [0.25, 0.3) is 6.08 Å². The van der Waals surface area contributed by atoms with E-state index in [0.29, 0.717) is 16.1 Å². The van der Waals surface area contributed by atoms with Crippen LogP contribution in [0.1, 0.15) is 42.7 Å². The summed E-state index contributed by atoms with van der Waals surface area (Å²) in [7, 11) is 0. The molecule has 0 aromatic heterocycles. The molecule has 1 aliphatic heterocycles. The molecule has 2 aliphatic rings. The molecule has 0 spiro atoms. The van der Waals surface area contributed by atoms with E-state index in [1.807, 2.05) is 6.07 Å². The summed E-state index contributed by atoms with van der Waals surface area (Å²) in [5.41, 5.74) is 1.84. The summed E-state index contributed by atoms with van der Waals surface area (Å²) < 4.78 is 5.50. The van der Waals surface area contributed by atoms with Gasteiger partial charge in [-0.2, -0.15) is 0 Å². The minimum atomic E-state index is -0.967. The van der Waals surface area contributed by atoms with Crippen molar-refractivity contribution in [2.75, 3.05) is 26.3 Å². The number of hydrogen-bond donors (Lipinski definition) is 1. The van der Waals surface area contributed by atoms with E-state index >= 15 is 0 Å². The Labute approximate surface area is 158 Å². The van der Waals surface area contributed by atoms with E-state index in [0.717, 1.165) is 62.8 Å². The highest BCUT2D eigenvalue weighted by Crippen LogP contribution is 2.43. The maximum atomic E-state index is 11.0. The summed E-state index contributed by atoms with van der Waals surface area (Å²) in [5, 5.41) is 10.1. The Balaban J connectivity index is 1.99. The summed E-state index contributed by atoms with van der Waals surface area (Å²) in [6, 6.07) is 4.00. The van der Waals surface area contributed by atoms with E-state index in [4.69, 9.17) is 33.0 Å². The van der Waals surface area contributed by atoms with Crippen molar-refractivity contribution in [1.82, 2.24) is 4.90 Å². The van der Waals surface area contributed by atoms with Crippen LogP contribution in [0.15, 0.2) is 18.2 Å². The molecule has 0 radical (unpaired) electrons. The number of rotatable bonds is 4. The maximum absolute atomic E-state index is 11.0. The highest BCUT2D eigenvalue weighted by atomic mass is 35.5. The molecule has 0 bridgehead atoms. The second-order valence-corrected chi connectivity index (χ2v) is 7.43. The molecule has 2 fully saturated rings. The average molecular weight is 384 g/mol. The van der Waals surface area contributed by atoms with Crippen molar-refractivity contribution in [3.63, 3.8) is 0 Å². The third-order valence-electron chi connectivity index (χ3n) is 5.19. The molecule has 4 nitrogen and oxygen atoms in total. The smallest absolute Gasteiger partial charge is 0.328 e. The van der Waals surface area contributed by atoms with Crippen molar-refractivity contribution in [2.45, 2.75) is 37.6 Å². The Morgan fingerprint density at radius 2 is 1.92 bits per heavy atom. The Morgan fingerprint density at radius 1 is 1.20 bits per heavy atom. The number of carboxylic acids is 1. The second kappa shape index (κ2) is 8.54. The highest BCUT2D eigenvalue weighted by Gasteiger charge is 2.34. The van der Waals surface area contributed by atoms with Crippen molar-refractivity contribution in [3.8, 4) is 0 Å². The molecule has 1 heterocycles. The molecular formula is C19H23Cl2NO3. The predicted octanol–water partition coefficient (Wildman–Crippen LogP) is 4.45. The number of carboxylic acid groups (broad SMARTS) is 1. The van der Waals surface area contributed by atoms with E-state index in [1.54, 1.807) is 12.1 Å². The summed E-state index contributed by atoms with van der Waals surface area (Å²) in [5.74, 6) is -0.711. The summed E-state index contributed by atoms with van der Waals surface area (Å²) in [6.45, 7) is 3.38. The number of nitrogens with zero attached hydrogens (tertiary/aromatic N) is 1. The Morgan fingerprint density at radius 3 is 2.64 bits per heavy atom. The number of hydrogen-bond acceptors (Lipinski definition) is 3. The number of halogens is 2. The van der Waals surface area contributed by atoms with Crippen molar-refractivity contribution >= 4 is 35.2 Å². The molecule has 0 amide bonds. The molecule has 1 aliphatic carbocycles. The van der Waals surface area contributed by atoms with Crippen LogP contribution in [0.5, 0.6) is 0 Å². The van der Waals surface area contributed by atoms with E-state index in [9.17, 15) is 4.79 Å². The van der Waals surface area contributed by atoms with Gasteiger partial charge in [0.2, 0.25) is 0 Å². The van der Waals surface area contributed by atoms with Gasteiger partial charge in [-0.3, -0.25) is 4.90 Å². The van der Waals surface area contributed by atoms with Crippen LogP contribution in [-0.2, 0) is 9.53 Å². The van der Waals surface area contributed by atoms with E-state index < -0.39 is 5.97 Å². The second-order valence-electron chi connectivity index (χ2n) is 6.64. The van der Waals surface area contributed by atoms with Gasteiger partial charge in [-0.25, -0.2) is 4.79 Å². The zero-order chi connectivity index (χ0) is 17.8. The number of benzene rings is 1. The molecule has 1 aromatic carbocycles. The SMILES string of the molecule is O=C(O)/C=C/c1ccc(Cl)c(Cl)c1C1CCCCC1N1CCOCC1. The fourth-order valence-electron chi connectivity index (χ4n) is 4.06. The van der Waals surface area contributed by atoms with Gasteiger partial charge in [-0.05, 0) is 36.1 Å². The van der Waals surface area contributed by atoms with Crippen molar-refractivity contribution in [3.05, 3.63) is 39.4 Å². The first-order valence-corrected chi connectivity index (χ1v) is 9.54. The lowest BCUT2D eigenvalue weighted by Gasteiger charge is -2.42. The molecule has 1 saturated carbocycles. The minimum absolute atomic E-state index is 0.256. The van der Waals surface area contributed by atoms with Crippen LogP contribution in [0.4, 0.5) is 0 Å². The van der Waals surface area contributed by atoms with Gasteiger partial charge in [0.25, 0.3) is 0 Å². The van der Waals surface area contributed by atoms with Gasteiger partial charge in [0.15, 0.2) is 0 Å². The maximum Gasteiger partial charge on any atom is 0.328 e. The Kier molecular flexibility index (Phi) is 6.39. The zero-order valence-corrected chi connectivity index (χ0v) is 15.6. The average Bonchev–Trinajstić information content (AvgIpc) is 2.63. The van der Waals surface area contributed by atoms with Crippen molar-refractivity contribution in [1.29, 1.82) is 0 Å². The molecule has 3 rings (SSSR count). The van der Waals surface area contributed by atoms with Crippen LogP contribution in [-0.4, -0.2) is 48.3 Å². The first-order chi connectivity index (χ1) is 12.1. The third kappa shape index (κ3) is 4.37. The Bertz CT molecular complexity index is 656. The van der Waals surface area contributed by atoms with Gasteiger partial charge in [0, 0.05) is 31.1 Å². The summed E-state index contributed by atoms with van der Waals surface area (Å²) in [4.78, 5) is 13.5. The molecular weight excluding hydrogens is 361 g/mol. The molecule has 136 valence electrons. The number of morpholine rings is 1. The molecule has 1 aromatic rings. The van der Waals surface area contributed by atoms with Crippen LogP contribution < -0.4 is 0 Å². The fourth-order valence-corrected chi connectivity index (χ4v) is 4.54. The van der Waals surface area contributed by atoms with Gasteiger partial charge in [0.1, 0.15) is 0 Å². The topological polar surface area (TPSA) is 49.8 Å². The van der Waals surface area contributed by atoms with Crippen LogP contribution in [0, 0.1) is 0 Å². The molecule has 1 saturated heterocycles. The van der Waals surface area contributed by atoms with E-state index in [-0.39, 0.29) is 5.92 Å². The predicted molar refractivity (Wildman–Crippen MR) is 101 cm³/mol. The summed E-state index contributed by atoms with van der Waals surface area (Å²) in [6.07, 6.45) is 7.31. The van der Waals surface area contributed by atoms with Crippen LogP contribution >= 0.6 is 23.2 Å². The minimum Gasteiger partial charge on any atom is -0.478 e. The lowest BCUT2D eigenvalue weighted by atomic mass is 9.77. The highest BCUT2D eigenvalue weighted by molar-refractivity contribution is 6.42. The zero-order valence-electron chi connectivity index (χ0n) is 14.1. The lowest BCUT2D eigenvalue weighted by Crippen LogP contribution is -2.47. The van der Waals surface area contributed by atoms with Crippen LogP contribution in [0.3, 0.4) is 0 Å². The van der Waals surface area contributed by atoms with Crippen molar-refractivity contribution in [2.24, 2.45) is 0 Å². The van der Waals surface area contributed by atoms with Crippen LogP contribution in [0.2, 0.25) is 10.0 Å². The quantitative estimate of drug-likeness (QED) is 0.780. The number of aliphatic carboxylic acids is 1. The molecule has 1 N–H and O–H groups in total. The fraction of sp³-hybridized carbons (Fsp3) is 0.526. The lowest BCUT2D eigenvalue weighted by molar-refractivity contribution is -0.131. The normalized spacial score (nSPS) is 25.4. The largest absolute Gasteiger partial charge is 0.478 e. The van der Waals surface area contributed by atoms with Gasteiger partial charge in [0.05, 0.1) is 23.3 Å². The first-order valence-electron chi connectivity index (χ1n) is 8.78. The van der Waals surface area contributed by atoms with Gasteiger partial charge in [-0.15, -0.1) is 0 Å². The standard InChI is InChI=1S/C19H23Cl2NO3/c20-15-7-5-13(6-8-17(23)24)18(19(15)21)14-3-1-2-4-16(14)22-9-11-25-12-10-22/h5-8,14,16H,1-4,9-12H2,(H,23,24)/b8-6+. The third-order valence-corrected chi connectivity index (χ3v) is 6.01. The van der Waals surface area contributed by atoms with Gasteiger partial charge < -0.3 is 9.84 Å². The Hall–Kier alpha value is -1.07. The number of ether oxygens (including phenoxy) is 1. The number of carbonyl (C=O) groups is 1. The monoisotopic (exact) mass is 383 g/mol. The van der Waals surface area contributed by atoms with E-state index in [1.165, 1.54) is 6.42 Å². The van der Waals surface area contributed by atoms with Gasteiger partial charge in [-0.1, -0.05) is 42.1 Å². The molecule has 2 unspecified atom stereocenters. The molecule has 2 atom stereocenters. The molecule has 6 heteroatoms. The first kappa shape index (κ1) is 18.7. The van der Waals surface area contributed by atoms with E-state index in [2.05, 4.69) is 4.90 Å².